The molecule has 0 spiro atoms. The van der Waals surface area contributed by atoms with Crippen LogP contribution in [0.25, 0.3) is 5.65 Å². The molecule has 2 aromatic heterocycles. The molecule has 0 radical (unpaired) electrons. The second-order valence-electron chi connectivity index (χ2n) is 6.69. The number of para-hydroxylation sites is 1. The first-order valence-electron chi connectivity index (χ1n) is 9.03. The van der Waals surface area contributed by atoms with Crippen molar-refractivity contribution in [2.45, 2.75) is 51.0 Å². The summed E-state index contributed by atoms with van der Waals surface area (Å²) >= 11 is 0. The standard InChI is InChI=1S/C20H22FN3O/c21-17-11-5-6-12-18(17)25-14-16-10-7-13-24-19(22-23-20(16)24)15-8-3-1-2-4-9-15/h5-7,10-13,15H,1-4,8-9,14H2. The van der Waals surface area contributed by atoms with Crippen molar-refractivity contribution in [1.29, 1.82) is 0 Å². The van der Waals surface area contributed by atoms with E-state index in [1.165, 1.54) is 44.6 Å². The summed E-state index contributed by atoms with van der Waals surface area (Å²) in [5.74, 6) is 1.42. The highest BCUT2D eigenvalue weighted by atomic mass is 19.1. The van der Waals surface area contributed by atoms with Crippen LogP contribution in [0.3, 0.4) is 0 Å². The van der Waals surface area contributed by atoms with Gasteiger partial charge in [-0.15, -0.1) is 10.2 Å². The zero-order valence-electron chi connectivity index (χ0n) is 14.2. The average Bonchev–Trinajstić information content (AvgIpc) is 2.89. The summed E-state index contributed by atoms with van der Waals surface area (Å²) in [7, 11) is 0. The van der Waals surface area contributed by atoms with Gasteiger partial charge in [-0.1, -0.05) is 43.9 Å². The van der Waals surface area contributed by atoms with Gasteiger partial charge in [-0.2, -0.15) is 0 Å². The van der Waals surface area contributed by atoms with Crippen molar-refractivity contribution in [3.05, 3.63) is 59.8 Å². The number of fused-ring (bicyclic) bond motifs is 1. The molecule has 0 saturated heterocycles. The van der Waals surface area contributed by atoms with Crippen molar-refractivity contribution in [3.63, 3.8) is 0 Å². The fraction of sp³-hybridized carbons (Fsp3) is 0.400. The molecule has 2 heterocycles. The molecule has 0 aliphatic heterocycles. The van der Waals surface area contributed by atoms with E-state index in [4.69, 9.17) is 4.74 Å². The molecule has 1 saturated carbocycles. The first kappa shape index (κ1) is 16.1. The normalized spacial score (nSPS) is 16.0. The van der Waals surface area contributed by atoms with Crippen LogP contribution in [0.4, 0.5) is 4.39 Å². The van der Waals surface area contributed by atoms with Crippen LogP contribution in [0.5, 0.6) is 5.75 Å². The largest absolute Gasteiger partial charge is 0.486 e. The quantitative estimate of drug-likeness (QED) is 0.636. The first-order chi connectivity index (χ1) is 12.3. The molecule has 1 aromatic carbocycles. The number of pyridine rings is 1. The van der Waals surface area contributed by atoms with Gasteiger partial charge in [-0.3, -0.25) is 4.40 Å². The highest BCUT2D eigenvalue weighted by molar-refractivity contribution is 5.47. The molecular weight excluding hydrogens is 317 g/mol. The molecular formula is C20H22FN3O. The lowest BCUT2D eigenvalue weighted by molar-refractivity contribution is 0.291. The lowest BCUT2D eigenvalue weighted by Crippen LogP contribution is -2.05. The summed E-state index contributed by atoms with van der Waals surface area (Å²) in [5, 5.41) is 8.88. The van der Waals surface area contributed by atoms with Crippen LogP contribution in [-0.2, 0) is 6.61 Å². The second-order valence-corrected chi connectivity index (χ2v) is 6.69. The van der Waals surface area contributed by atoms with Crippen LogP contribution in [0.2, 0.25) is 0 Å². The number of nitrogens with zero attached hydrogens (tertiary/aromatic N) is 3. The van der Waals surface area contributed by atoms with E-state index in [1.807, 2.05) is 18.3 Å². The maximum Gasteiger partial charge on any atom is 0.167 e. The predicted molar refractivity (Wildman–Crippen MR) is 94.2 cm³/mol. The van der Waals surface area contributed by atoms with Gasteiger partial charge in [-0.05, 0) is 31.0 Å². The van der Waals surface area contributed by atoms with Crippen molar-refractivity contribution in [1.82, 2.24) is 14.6 Å². The Morgan fingerprint density at radius 1 is 1.00 bits per heavy atom. The van der Waals surface area contributed by atoms with E-state index in [9.17, 15) is 4.39 Å². The number of hydrogen-bond acceptors (Lipinski definition) is 3. The lowest BCUT2D eigenvalue weighted by atomic mass is 9.99. The number of hydrogen-bond donors (Lipinski definition) is 0. The summed E-state index contributed by atoms with van der Waals surface area (Å²) in [6, 6.07) is 10.4. The Labute approximate surface area is 146 Å². The molecule has 1 aliphatic carbocycles. The Morgan fingerprint density at radius 2 is 1.80 bits per heavy atom. The minimum absolute atomic E-state index is 0.257. The number of ether oxygens (including phenoxy) is 1. The average molecular weight is 339 g/mol. The van der Waals surface area contributed by atoms with E-state index < -0.39 is 0 Å². The molecule has 25 heavy (non-hydrogen) atoms. The molecule has 130 valence electrons. The van der Waals surface area contributed by atoms with Crippen LogP contribution in [0, 0.1) is 5.82 Å². The number of halogens is 1. The Bertz CT molecular complexity index is 853. The Hall–Kier alpha value is -2.43. The van der Waals surface area contributed by atoms with Gasteiger partial charge in [-0.25, -0.2) is 4.39 Å². The van der Waals surface area contributed by atoms with E-state index in [0.717, 1.165) is 17.0 Å². The van der Waals surface area contributed by atoms with Gasteiger partial charge in [0.15, 0.2) is 17.2 Å². The molecule has 1 fully saturated rings. The lowest BCUT2D eigenvalue weighted by Gasteiger charge is -2.12. The molecule has 0 unspecified atom stereocenters. The molecule has 0 atom stereocenters. The summed E-state index contributed by atoms with van der Waals surface area (Å²) in [6.45, 7) is 0.272. The minimum atomic E-state index is -0.352. The third-order valence-corrected chi connectivity index (χ3v) is 4.98. The summed E-state index contributed by atoms with van der Waals surface area (Å²) in [5.41, 5.74) is 1.72. The highest BCUT2D eigenvalue weighted by Crippen LogP contribution is 2.31. The van der Waals surface area contributed by atoms with Gasteiger partial charge in [0.25, 0.3) is 0 Å². The third kappa shape index (κ3) is 3.36. The highest BCUT2D eigenvalue weighted by Gasteiger charge is 2.20. The Morgan fingerprint density at radius 3 is 2.60 bits per heavy atom. The van der Waals surface area contributed by atoms with Gasteiger partial charge in [0.2, 0.25) is 0 Å². The molecule has 4 rings (SSSR count). The first-order valence-corrected chi connectivity index (χ1v) is 9.03. The van der Waals surface area contributed by atoms with Crippen LogP contribution < -0.4 is 4.74 Å². The second kappa shape index (κ2) is 7.21. The van der Waals surface area contributed by atoms with E-state index in [-0.39, 0.29) is 18.2 Å². The van der Waals surface area contributed by atoms with E-state index in [1.54, 1.807) is 18.2 Å². The number of benzene rings is 1. The topological polar surface area (TPSA) is 39.4 Å². The monoisotopic (exact) mass is 339 g/mol. The molecule has 0 N–H and O–H groups in total. The zero-order valence-corrected chi connectivity index (χ0v) is 14.2. The maximum atomic E-state index is 13.7. The summed E-state index contributed by atoms with van der Waals surface area (Å²) in [6.07, 6.45) is 9.52. The third-order valence-electron chi connectivity index (χ3n) is 4.98. The van der Waals surface area contributed by atoms with Gasteiger partial charge < -0.3 is 4.74 Å². The summed E-state index contributed by atoms with van der Waals surface area (Å²) in [4.78, 5) is 0. The van der Waals surface area contributed by atoms with Crippen LogP contribution in [0.1, 0.15) is 55.8 Å². The predicted octanol–water partition coefficient (Wildman–Crippen LogP) is 4.89. The van der Waals surface area contributed by atoms with Gasteiger partial charge in [0.05, 0.1) is 0 Å². The van der Waals surface area contributed by atoms with Crippen molar-refractivity contribution in [2.24, 2.45) is 0 Å². The number of aromatic nitrogens is 3. The van der Waals surface area contributed by atoms with E-state index >= 15 is 0 Å². The van der Waals surface area contributed by atoms with Gasteiger partial charge in [0.1, 0.15) is 12.4 Å². The van der Waals surface area contributed by atoms with Crippen LogP contribution in [0.15, 0.2) is 42.6 Å². The fourth-order valence-corrected chi connectivity index (χ4v) is 3.64. The van der Waals surface area contributed by atoms with Crippen molar-refractivity contribution >= 4 is 5.65 Å². The zero-order chi connectivity index (χ0) is 17.1. The van der Waals surface area contributed by atoms with Gasteiger partial charge in [0, 0.05) is 17.7 Å². The molecule has 3 aromatic rings. The van der Waals surface area contributed by atoms with Gasteiger partial charge >= 0.3 is 0 Å². The van der Waals surface area contributed by atoms with Crippen molar-refractivity contribution in [2.75, 3.05) is 0 Å². The molecule has 0 amide bonds. The van der Waals surface area contributed by atoms with Crippen molar-refractivity contribution < 1.29 is 9.13 Å². The number of rotatable bonds is 4. The smallest absolute Gasteiger partial charge is 0.167 e. The van der Waals surface area contributed by atoms with E-state index in [2.05, 4.69) is 14.6 Å². The molecule has 4 nitrogen and oxygen atoms in total. The molecule has 0 bridgehead atoms. The molecule has 1 aliphatic rings. The minimum Gasteiger partial charge on any atom is -0.486 e. The Kier molecular flexibility index (Phi) is 4.63. The Balaban J connectivity index is 1.59. The summed E-state index contributed by atoms with van der Waals surface area (Å²) < 4.78 is 21.5. The maximum absolute atomic E-state index is 13.7. The van der Waals surface area contributed by atoms with E-state index in [0.29, 0.717) is 5.92 Å². The van der Waals surface area contributed by atoms with Crippen molar-refractivity contribution in [3.8, 4) is 5.75 Å². The molecule has 5 heteroatoms. The SMILES string of the molecule is Fc1ccccc1OCc1cccn2c(C3CCCCCC3)nnc12. The van der Waals surface area contributed by atoms with Crippen LogP contribution >= 0.6 is 0 Å². The van der Waals surface area contributed by atoms with Crippen LogP contribution in [-0.4, -0.2) is 14.6 Å². The fourth-order valence-electron chi connectivity index (χ4n) is 3.64.